The van der Waals surface area contributed by atoms with E-state index in [-0.39, 0.29) is 0 Å². The van der Waals surface area contributed by atoms with Crippen LogP contribution in [0.4, 0.5) is 0 Å². The van der Waals surface area contributed by atoms with Crippen molar-refractivity contribution in [1.29, 1.82) is 0 Å². The molecule has 1 fully saturated rings. The lowest BCUT2D eigenvalue weighted by Crippen LogP contribution is -2.46. The SMILES string of the molecule is CCCNC1CCCN(C(C)c2ccc(C)cc2)C1. The van der Waals surface area contributed by atoms with Gasteiger partial charge < -0.3 is 5.32 Å². The zero-order chi connectivity index (χ0) is 13.7. The predicted octanol–water partition coefficient (Wildman–Crippen LogP) is 3.52. The Hall–Kier alpha value is -0.860. The highest BCUT2D eigenvalue weighted by atomic mass is 15.2. The number of hydrogen-bond acceptors (Lipinski definition) is 2. The molecule has 1 saturated heterocycles. The molecule has 0 aliphatic carbocycles. The van der Waals surface area contributed by atoms with Crippen LogP contribution >= 0.6 is 0 Å². The van der Waals surface area contributed by atoms with E-state index < -0.39 is 0 Å². The van der Waals surface area contributed by atoms with Gasteiger partial charge in [-0.3, -0.25) is 4.90 Å². The van der Waals surface area contributed by atoms with Crippen LogP contribution in [0.15, 0.2) is 24.3 Å². The lowest BCUT2D eigenvalue weighted by molar-refractivity contribution is 0.146. The van der Waals surface area contributed by atoms with Crippen LogP contribution in [0.25, 0.3) is 0 Å². The first-order chi connectivity index (χ1) is 9.20. The van der Waals surface area contributed by atoms with Crippen LogP contribution in [-0.4, -0.2) is 30.6 Å². The second-order valence-corrected chi connectivity index (χ2v) is 5.87. The molecule has 2 rings (SSSR count). The lowest BCUT2D eigenvalue weighted by atomic mass is 9.99. The fourth-order valence-electron chi connectivity index (χ4n) is 2.93. The molecule has 0 spiro atoms. The Kier molecular flexibility index (Phi) is 5.41. The normalized spacial score (nSPS) is 22.4. The molecule has 106 valence electrons. The minimum atomic E-state index is 0.534. The first-order valence-electron chi connectivity index (χ1n) is 7.74. The largest absolute Gasteiger partial charge is 0.313 e. The summed E-state index contributed by atoms with van der Waals surface area (Å²) >= 11 is 0. The lowest BCUT2D eigenvalue weighted by Gasteiger charge is -2.37. The first-order valence-corrected chi connectivity index (χ1v) is 7.74. The first kappa shape index (κ1) is 14.5. The Labute approximate surface area is 118 Å². The van der Waals surface area contributed by atoms with E-state index in [1.165, 1.54) is 43.5 Å². The van der Waals surface area contributed by atoms with Gasteiger partial charge in [0.1, 0.15) is 0 Å². The van der Waals surface area contributed by atoms with Gasteiger partial charge in [-0.2, -0.15) is 0 Å². The van der Waals surface area contributed by atoms with Crippen molar-refractivity contribution in [3.05, 3.63) is 35.4 Å². The molecule has 1 aliphatic rings. The molecule has 0 aromatic heterocycles. The van der Waals surface area contributed by atoms with Crippen LogP contribution in [0.2, 0.25) is 0 Å². The van der Waals surface area contributed by atoms with Crippen molar-refractivity contribution < 1.29 is 0 Å². The number of nitrogens with one attached hydrogen (secondary N) is 1. The summed E-state index contributed by atoms with van der Waals surface area (Å²) in [6.45, 7) is 10.3. The number of piperidine rings is 1. The third kappa shape index (κ3) is 4.05. The zero-order valence-electron chi connectivity index (χ0n) is 12.7. The van der Waals surface area contributed by atoms with Crippen LogP contribution in [0.3, 0.4) is 0 Å². The maximum Gasteiger partial charge on any atom is 0.0320 e. The van der Waals surface area contributed by atoms with Gasteiger partial charge in [-0.15, -0.1) is 0 Å². The van der Waals surface area contributed by atoms with Gasteiger partial charge in [0.15, 0.2) is 0 Å². The van der Waals surface area contributed by atoms with Crippen LogP contribution in [0.1, 0.15) is 50.3 Å². The van der Waals surface area contributed by atoms with Crippen molar-refractivity contribution >= 4 is 0 Å². The number of hydrogen-bond donors (Lipinski definition) is 1. The highest BCUT2D eigenvalue weighted by molar-refractivity contribution is 5.23. The summed E-state index contributed by atoms with van der Waals surface area (Å²) in [6.07, 6.45) is 3.87. The van der Waals surface area contributed by atoms with Gasteiger partial charge in [0.25, 0.3) is 0 Å². The molecule has 0 saturated carbocycles. The van der Waals surface area contributed by atoms with Crippen LogP contribution < -0.4 is 5.32 Å². The number of benzene rings is 1. The minimum absolute atomic E-state index is 0.534. The van der Waals surface area contributed by atoms with Gasteiger partial charge in [-0.05, 0) is 51.8 Å². The third-order valence-corrected chi connectivity index (χ3v) is 4.24. The molecule has 0 bridgehead atoms. The molecular formula is C17H28N2. The molecule has 2 unspecified atom stereocenters. The van der Waals surface area contributed by atoms with Gasteiger partial charge in [0.2, 0.25) is 0 Å². The van der Waals surface area contributed by atoms with Crippen LogP contribution in [-0.2, 0) is 0 Å². The van der Waals surface area contributed by atoms with Crippen molar-refractivity contribution in [1.82, 2.24) is 10.2 Å². The van der Waals surface area contributed by atoms with E-state index in [1.54, 1.807) is 0 Å². The van der Waals surface area contributed by atoms with E-state index in [2.05, 4.69) is 55.3 Å². The fourth-order valence-corrected chi connectivity index (χ4v) is 2.93. The Morgan fingerprint density at radius 1 is 1.32 bits per heavy atom. The summed E-state index contributed by atoms with van der Waals surface area (Å²) in [5.74, 6) is 0. The highest BCUT2D eigenvalue weighted by Crippen LogP contribution is 2.24. The second kappa shape index (κ2) is 7.06. The zero-order valence-corrected chi connectivity index (χ0v) is 12.7. The second-order valence-electron chi connectivity index (χ2n) is 5.87. The topological polar surface area (TPSA) is 15.3 Å². The average molecular weight is 260 g/mol. The highest BCUT2D eigenvalue weighted by Gasteiger charge is 2.23. The summed E-state index contributed by atoms with van der Waals surface area (Å²) in [5.41, 5.74) is 2.79. The van der Waals surface area contributed by atoms with E-state index in [4.69, 9.17) is 0 Å². The van der Waals surface area contributed by atoms with Gasteiger partial charge in [0.05, 0.1) is 0 Å². The molecule has 2 atom stereocenters. The molecule has 2 heteroatoms. The van der Waals surface area contributed by atoms with Gasteiger partial charge in [0, 0.05) is 18.6 Å². The Morgan fingerprint density at radius 2 is 2.05 bits per heavy atom. The monoisotopic (exact) mass is 260 g/mol. The molecule has 0 radical (unpaired) electrons. The molecule has 0 amide bonds. The Balaban J connectivity index is 1.94. The third-order valence-electron chi connectivity index (χ3n) is 4.24. The number of aryl methyl sites for hydroxylation is 1. The number of rotatable bonds is 5. The van der Waals surface area contributed by atoms with Crippen molar-refractivity contribution in [3.8, 4) is 0 Å². The molecule has 1 aliphatic heterocycles. The molecule has 19 heavy (non-hydrogen) atoms. The predicted molar refractivity (Wildman–Crippen MR) is 82.5 cm³/mol. The van der Waals surface area contributed by atoms with Crippen molar-refractivity contribution in [3.63, 3.8) is 0 Å². The summed E-state index contributed by atoms with van der Waals surface area (Å²) in [7, 11) is 0. The maximum absolute atomic E-state index is 3.68. The summed E-state index contributed by atoms with van der Waals surface area (Å²) in [4.78, 5) is 2.63. The Morgan fingerprint density at radius 3 is 2.74 bits per heavy atom. The van der Waals surface area contributed by atoms with Crippen LogP contribution in [0.5, 0.6) is 0 Å². The Bertz CT molecular complexity index is 371. The van der Waals surface area contributed by atoms with E-state index >= 15 is 0 Å². The maximum atomic E-state index is 3.68. The molecule has 1 aromatic carbocycles. The van der Waals surface area contributed by atoms with Crippen LogP contribution in [0, 0.1) is 6.92 Å². The van der Waals surface area contributed by atoms with E-state index in [0.29, 0.717) is 12.1 Å². The summed E-state index contributed by atoms with van der Waals surface area (Å²) in [5, 5.41) is 3.68. The molecule has 1 N–H and O–H groups in total. The minimum Gasteiger partial charge on any atom is -0.313 e. The number of likely N-dealkylation sites (tertiary alicyclic amines) is 1. The van der Waals surface area contributed by atoms with E-state index in [9.17, 15) is 0 Å². The molecule has 1 aromatic rings. The smallest absolute Gasteiger partial charge is 0.0320 e. The van der Waals surface area contributed by atoms with E-state index in [0.717, 1.165) is 6.54 Å². The van der Waals surface area contributed by atoms with Gasteiger partial charge in [-0.1, -0.05) is 36.8 Å². The van der Waals surface area contributed by atoms with Crippen molar-refractivity contribution in [2.24, 2.45) is 0 Å². The van der Waals surface area contributed by atoms with E-state index in [1.807, 2.05) is 0 Å². The standard InChI is InChI=1S/C17H28N2/c1-4-11-18-17-6-5-12-19(13-17)15(3)16-9-7-14(2)8-10-16/h7-10,15,17-18H,4-6,11-13H2,1-3H3. The summed E-state index contributed by atoms with van der Waals surface area (Å²) in [6, 6.07) is 10.2. The quantitative estimate of drug-likeness (QED) is 0.871. The van der Waals surface area contributed by atoms with Crippen molar-refractivity contribution in [2.75, 3.05) is 19.6 Å². The number of nitrogens with zero attached hydrogens (tertiary/aromatic N) is 1. The van der Waals surface area contributed by atoms with Gasteiger partial charge in [-0.25, -0.2) is 0 Å². The molecular weight excluding hydrogens is 232 g/mol. The molecule has 2 nitrogen and oxygen atoms in total. The van der Waals surface area contributed by atoms with Gasteiger partial charge >= 0.3 is 0 Å². The molecule has 1 heterocycles. The summed E-state index contributed by atoms with van der Waals surface area (Å²) < 4.78 is 0. The van der Waals surface area contributed by atoms with Crippen molar-refractivity contribution in [2.45, 2.75) is 52.1 Å². The fraction of sp³-hybridized carbons (Fsp3) is 0.647. The average Bonchev–Trinajstić information content (AvgIpc) is 2.45.